The lowest BCUT2D eigenvalue weighted by Gasteiger charge is -2.32. The lowest BCUT2D eigenvalue weighted by atomic mass is 10.0. The summed E-state index contributed by atoms with van der Waals surface area (Å²) in [4.78, 5) is 16.3. The number of piperidine rings is 1. The molecule has 2 aliphatic heterocycles. The first-order valence-corrected chi connectivity index (χ1v) is 20.6. The highest BCUT2D eigenvalue weighted by molar-refractivity contribution is 8.00. The molecule has 4 heterocycles. The fourth-order valence-corrected chi connectivity index (χ4v) is 8.37. The minimum absolute atomic E-state index is 0.212. The maximum atomic E-state index is 13.4. The van der Waals surface area contributed by atoms with Gasteiger partial charge in [0.15, 0.2) is 0 Å². The Kier molecular flexibility index (Phi) is 12.8. The van der Waals surface area contributed by atoms with Gasteiger partial charge in [0.1, 0.15) is 22.4 Å². The topological polar surface area (TPSA) is 93.9 Å². The molecule has 56 heavy (non-hydrogen) atoms. The van der Waals surface area contributed by atoms with Crippen molar-refractivity contribution in [3.8, 4) is 11.5 Å². The maximum Gasteiger partial charge on any atom is 0.204 e. The molecule has 0 spiro atoms. The second-order valence-corrected chi connectivity index (χ2v) is 15.6. The van der Waals surface area contributed by atoms with Gasteiger partial charge in [0.2, 0.25) is 5.95 Å². The van der Waals surface area contributed by atoms with E-state index in [0.29, 0.717) is 31.4 Å². The highest BCUT2D eigenvalue weighted by Crippen LogP contribution is 2.29. The molecule has 0 amide bonds. The van der Waals surface area contributed by atoms with E-state index < -0.39 is 10.8 Å². The number of imidazole rings is 1. The third-order valence-corrected chi connectivity index (χ3v) is 11.7. The molecule has 1 fully saturated rings. The van der Waals surface area contributed by atoms with E-state index >= 15 is 0 Å². The van der Waals surface area contributed by atoms with Gasteiger partial charge in [-0.25, -0.2) is 14.4 Å². The van der Waals surface area contributed by atoms with Crippen molar-refractivity contribution < 1.29 is 18.1 Å². The minimum Gasteiger partial charge on any atom is -0.497 e. The van der Waals surface area contributed by atoms with Crippen molar-refractivity contribution in [1.82, 2.24) is 19.4 Å². The molecule has 1 unspecified atom stereocenters. The fraction of sp³-hybridized carbons (Fsp3) is 0.311. The van der Waals surface area contributed by atoms with Crippen LogP contribution in [0.2, 0.25) is 0 Å². The van der Waals surface area contributed by atoms with Crippen LogP contribution in [0.1, 0.15) is 47.7 Å². The number of rotatable bonds is 12. The zero-order valence-corrected chi connectivity index (χ0v) is 33.1. The third-order valence-electron chi connectivity index (χ3n) is 10.4. The number of para-hydroxylation sites is 3. The molecule has 6 aromatic rings. The van der Waals surface area contributed by atoms with E-state index in [0.717, 1.165) is 100 Å². The highest BCUT2D eigenvalue weighted by Gasteiger charge is 2.23. The predicted molar refractivity (Wildman–Crippen MR) is 224 cm³/mol. The standard InChI is InChI=1S/C28H31FN4O.C17H18N2O2S/c1-34-25-12-8-21(9-13-25)14-17-32-18-15-24(16-19-32)30-28-31-26-4-2-3-5-27(26)33(28)20-22-6-10-23(29)11-7-22;1-3-21-16-8-9-18-15(12(16)2)11-22(20)17-10-13-6-4-5-7-14(13)19-17/h2-13,24H,14-20H2,1H3,(H,30,31);4-9H,3,10-11H2,1-2H3. The average Bonchev–Trinajstić information content (AvgIpc) is 3.82. The summed E-state index contributed by atoms with van der Waals surface area (Å²) in [5.74, 6) is 2.76. The molecule has 290 valence electrons. The smallest absolute Gasteiger partial charge is 0.204 e. The number of likely N-dealkylation sites (tertiary alicyclic amines) is 1. The van der Waals surface area contributed by atoms with E-state index in [1.807, 2.05) is 86.6 Å². The van der Waals surface area contributed by atoms with Gasteiger partial charge in [-0.15, -0.1) is 0 Å². The Labute approximate surface area is 331 Å². The summed E-state index contributed by atoms with van der Waals surface area (Å²) < 4.78 is 39.0. The summed E-state index contributed by atoms with van der Waals surface area (Å²) in [7, 11) is 0.536. The van der Waals surface area contributed by atoms with Crippen LogP contribution in [0.25, 0.3) is 11.0 Å². The van der Waals surface area contributed by atoms with Crippen molar-refractivity contribution in [1.29, 1.82) is 0 Å². The van der Waals surface area contributed by atoms with E-state index in [1.165, 1.54) is 17.7 Å². The van der Waals surface area contributed by atoms with E-state index in [-0.39, 0.29) is 5.82 Å². The number of aliphatic imine (C=N–C) groups is 1. The lowest BCUT2D eigenvalue weighted by molar-refractivity contribution is 0.221. The fourth-order valence-electron chi connectivity index (χ4n) is 7.14. The molecule has 0 saturated carbocycles. The molecule has 0 radical (unpaired) electrons. The first-order chi connectivity index (χ1) is 27.4. The molecular formula is C45H49FN6O3S. The van der Waals surface area contributed by atoms with Crippen LogP contribution in [0.4, 0.5) is 16.0 Å². The van der Waals surface area contributed by atoms with Gasteiger partial charge in [-0.3, -0.25) is 9.19 Å². The Morgan fingerprint density at radius 1 is 0.911 bits per heavy atom. The summed E-state index contributed by atoms with van der Waals surface area (Å²) in [6, 6.07) is 33.4. The summed E-state index contributed by atoms with van der Waals surface area (Å²) in [6.07, 6.45) is 5.59. The van der Waals surface area contributed by atoms with Crippen molar-refractivity contribution in [2.75, 3.05) is 38.7 Å². The number of fused-ring (bicyclic) bond motifs is 2. The predicted octanol–water partition coefficient (Wildman–Crippen LogP) is 8.68. The number of anilines is 1. The molecule has 0 bridgehead atoms. The van der Waals surface area contributed by atoms with Crippen LogP contribution in [0.15, 0.2) is 114 Å². The zero-order valence-electron chi connectivity index (χ0n) is 32.3. The van der Waals surface area contributed by atoms with E-state index in [2.05, 4.69) is 43.0 Å². The molecule has 9 nitrogen and oxygen atoms in total. The number of hydrogen-bond donors (Lipinski definition) is 1. The Morgan fingerprint density at radius 3 is 2.39 bits per heavy atom. The van der Waals surface area contributed by atoms with Crippen molar-refractivity contribution in [2.45, 2.75) is 57.9 Å². The second-order valence-electron chi connectivity index (χ2n) is 14.1. The lowest BCUT2D eigenvalue weighted by Crippen LogP contribution is -2.40. The van der Waals surface area contributed by atoms with Crippen molar-refractivity contribution >= 4 is 38.5 Å². The maximum absolute atomic E-state index is 13.4. The van der Waals surface area contributed by atoms with Gasteiger partial charge in [-0.1, -0.05) is 54.6 Å². The first-order valence-electron chi connectivity index (χ1n) is 19.3. The van der Waals surface area contributed by atoms with E-state index in [1.54, 1.807) is 13.3 Å². The highest BCUT2D eigenvalue weighted by atomic mass is 32.2. The molecule has 2 aromatic heterocycles. The second kappa shape index (κ2) is 18.5. The Morgan fingerprint density at radius 2 is 1.64 bits per heavy atom. The monoisotopic (exact) mass is 772 g/mol. The first kappa shape index (κ1) is 38.9. The number of pyridine rings is 1. The van der Waals surface area contributed by atoms with Gasteiger partial charge >= 0.3 is 0 Å². The number of ether oxygens (including phenoxy) is 2. The van der Waals surface area contributed by atoms with Gasteiger partial charge in [0.25, 0.3) is 0 Å². The molecule has 0 aliphatic carbocycles. The summed E-state index contributed by atoms with van der Waals surface area (Å²) in [6.45, 7) is 8.39. The summed E-state index contributed by atoms with van der Waals surface area (Å²) in [5.41, 5.74) is 8.29. The SMILES string of the molecule is CCOc1ccnc(CS(=O)C2=Nc3ccccc3C2)c1C.COc1ccc(CCN2CCC(Nc3nc4ccccc4n3Cc3ccc(F)cc3)CC2)cc1. The molecule has 8 rings (SSSR count). The van der Waals surface area contributed by atoms with Crippen LogP contribution in [0, 0.1) is 12.7 Å². The molecule has 2 aliphatic rings. The third kappa shape index (κ3) is 9.69. The van der Waals surface area contributed by atoms with Crippen LogP contribution >= 0.6 is 0 Å². The Hall–Kier alpha value is -5.39. The number of halogens is 1. The Balaban J connectivity index is 0.000000189. The molecule has 1 atom stereocenters. The summed E-state index contributed by atoms with van der Waals surface area (Å²) in [5, 5.41) is 4.44. The molecular weight excluding hydrogens is 724 g/mol. The van der Waals surface area contributed by atoms with Crippen LogP contribution in [0.5, 0.6) is 11.5 Å². The Bertz CT molecular complexity index is 2280. The van der Waals surface area contributed by atoms with Gasteiger partial charge in [-0.2, -0.15) is 0 Å². The van der Waals surface area contributed by atoms with Crippen LogP contribution in [0.3, 0.4) is 0 Å². The number of nitrogens with zero attached hydrogens (tertiary/aromatic N) is 5. The number of benzene rings is 4. The van der Waals surface area contributed by atoms with Gasteiger partial charge in [0, 0.05) is 43.9 Å². The van der Waals surface area contributed by atoms with E-state index in [4.69, 9.17) is 14.5 Å². The largest absolute Gasteiger partial charge is 0.497 e. The quantitative estimate of drug-likeness (QED) is 0.133. The van der Waals surface area contributed by atoms with Crippen LogP contribution in [-0.2, 0) is 35.9 Å². The van der Waals surface area contributed by atoms with Crippen LogP contribution < -0.4 is 14.8 Å². The van der Waals surface area contributed by atoms with E-state index in [9.17, 15) is 8.60 Å². The molecule has 1 N–H and O–H groups in total. The average molecular weight is 773 g/mol. The van der Waals surface area contributed by atoms with Crippen molar-refractivity contribution in [3.63, 3.8) is 0 Å². The van der Waals surface area contributed by atoms with Crippen molar-refractivity contribution in [3.05, 3.63) is 143 Å². The van der Waals surface area contributed by atoms with Crippen LogP contribution in [-0.4, -0.2) is 68.1 Å². The number of aromatic nitrogens is 3. The van der Waals surface area contributed by atoms with Gasteiger partial charge < -0.3 is 24.3 Å². The molecule has 11 heteroatoms. The zero-order chi connectivity index (χ0) is 38.9. The minimum atomic E-state index is -1.16. The number of nitrogens with one attached hydrogen (secondary N) is 1. The van der Waals surface area contributed by atoms with Gasteiger partial charge in [-0.05, 0) is 98.3 Å². The van der Waals surface area contributed by atoms with Crippen molar-refractivity contribution in [2.24, 2.45) is 4.99 Å². The molecule has 4 aromatic carbocycles. The number of hydrogen-bond acceptors (Lipinski definition) is 8. The normalized spacial score (nSPS) is 14.8. The summed E-state index contributed by atoms with van der Waals surface area (Å²) >= 11 is 0. The number of methoxy groups -OCH3 is 1. The molecule has 1 saturated heterocycles. The van der Waals surface area contributed by atoms with Gasteiger partial charge in [0.05, 0.1) is 59.2 Å².